The van der Waals surface area contributed by atoms with Gasteiger partial charge in [-0.05, 0) is 42.5 Å². The summed E-state index contributed by atoms with van der Waals surface area (Å²) in [6.45, 7) is -0.278. The summed E-state index contributed by atoms with van der Waals surface area (Å²) in [7, 11) is 1.68. The summed E-state index contributed by atoms with van der Waals surface area (Å²) in [5.41, 5.74) is 1.58. The molecule has 1 N–H and O–H groups in total. The Balaban J connectivity index is 1.59. The highest BCUT2D eigenvalue weighted by atomic mass is 16.6. The third kappa shape index (κ3) is 5.20. The van der Waals surface area contributed by atoms with E-state index in [-0.39, 0.29) is 18.2 Å². The number of rotatable bonds is 7. The van der Waals surface area contributed by atoms with Crippen molar-refractivity contribution >= 4 is 28.9 Å². The maximum absolute atomic E-state index is 12.7. The molecule has 0 unspecified atom stereocenters. The Morgan fingerprint density at radius 2 is 1.70 bits per heavy atom. The molecule has 0 atom stereocenters. The van der Waals surface area contributed by atoms with E-state index in [1.165, 1.54) is 29.2 Å². The number of nitro groups is 1. The van der Waals surface area contributed by atoms with Crippen LogP contribution in [-0.2, 0) is 4.79 Å². The van der Waals surface area contributed by atoms with Crippen molar-refractivity contribution < 1.29 is 19.2 Å². The fourth-order valence-electron chi connectivity index (χ4n) is 2.70. The van der Waals surface area contributed by atoms with Gasteiger partial charge in [0.2, 0.25) is 0 Å². The Morgan fingerprint density at radius 1 is 1.00 bits per heavy atom. The predicted molar refractivity (Wildman–Crippen MR) is 113 cm³/mol. The molecule has 0 spiro atoms. The van der Waals surface area contributed by atoms with E-state index in [0.29, 0.717) is 17.0 Å². The van der Waals surface area contributed by atoms with E-state index in [0.717, 1.165) is 5.69 Å². The number of hydrogen-bond donors (Lipinski definition) is 1. The van der Waals surface area contributed by atoms with Crippen LogP contribution in [0.3, 0.4) is 0 Å². The highest BCUT2D eigenvalue weighted by Gasteiger charge is 2.14. The van der Waals surface area contributed by atoms with Crippen LogP contribution in [0.25, 0.3) is 0 Å². The summed E-state index contributed by atoms with van der Waals surface area (Å²) < 4.78 is 5.34. The quantitative estimate of drug-likeness (QED) is 0.475. The van der Waals surface area contributed by atoms with Gasteiger partial charge in [0.1, 0.15) is 5.75 Å². The lowest BCUT2D eigenvalue weighted by molar-refractivity contribution is -0.384. The second kappa shape index (κ2) is 9.33. The van der Waals surface area contributed by atoms with E-state index in [9.17, 15) is 19.7 Å². The Hall–Kier alpha value is -4.20. The topological polar surface area (TPSA) is 102 Å². The minimum atomic E-state index is -0.514. The predicted octanol–water partition coefficient (Wildman–Crippen LogP) is 3.89. The number of amides is 2. The van der Waals surface area contributed by atoms with Gasteiger partial charge in [0, 0.05) is 36.1 Å². The van der Waals surface area contributed by atoms with Crippen molar-refractivity contribution in [2.45, 2.75) is 0 Å². The summed E-state index contributed by atoms with van der Waals surface area (Å²) in [5.74, 6) is -0.294. The molecule has 0 aromatic heterocycles. The highest BCUT2D eigenvalue weighted by molar-refractivity contribution is 6.06. The number of nitrogens with one attached hydrogen (secondary N) is 1. The van der Waals surface area contributed by atoms with Crippen molar-refractivity contribution in [1.82, 2.24) is 0 Å². The summed E-state index contributed by atoms with van der Waals surface area (Å²) >= 11 is 0. The number of nitrogens with zero attached hydrogens (tertiary/aromatic N) is 2. The monoisotopic (exact) mass is 405 g/mol. The molecule has 3 aromatic carbocycles. The number of carbonyl (C=O) groups is 2. The number of hydrogen-bond acceptors (Lipinski definition) is 5. The first-order valence-electron chi connectivity index (χ1n) is 9.04. The lowest BCUT2D eigenvalue weighted by atomic mass is 10.1. The number of carbonyl (C=O) groups excluding carboxylic acids is 2. The zero-order chi connectivity index (χ0) is 21.5. The Kier molecular flexibility index (Phi) is 6.39. The average molecular weight is 405 g/mol. The minimum Gasteiger partial charge on any atom is -0.484 e. The zero-order valence-electron chi connectivity index (χ0n) is 16.1. The summed E-state index contributed by atoms with van der Waals surface area (Å²) in [6.07, 6.45) is 0. The maximum atomic E-state index is 12.7. The van der Waals surface area contributed by atoms with Crippen LogP contribution in [0.2, 0.25) is 0 Å². The molecule has 0 fully saturated rings. The van der Waals surface area contributed by atoms with E-state index in [1.54, 1.807) is 31.3 Å². The first-order chi connectivity index (χ1) is 14.4. The zero-order valence-corrected chi connectivity index (χ0v) is 16.1. The fraction of sp³-hybridized carbons (Fsp3) is 0.0909. The molecule has 0 saturated carbocycles. The molecule has 0 radical (unpaired) electrons. The lowest BCUT2D eigenvalue weighted by Gasteiger charge is -2.17. The van der Waals surface area contributed by atoms with Gasteiger partial charge in [0.15, 0.2) is 6.61 Å². The van der Waals surface area contributed by atoms with Gasteiger partial charge in [-0.1, -0.05) is 24.3 Å². The Bertz CT molecular complexity index is 1050. The molecule has 0 heterocycles. The maximum Gasteiger partial charge on any atom is 0.269 e. The molecule has 3 aromatic rings. The molecule has 3 rings (SSSR count). The highest BCUT2D eigenvalue weighted by Crippen LogP contribution is 2.19. The molecular formula is C22H19N3O5. The molecule has 0 bridgehead atoms. The van der Waals surface area contributed by atoms with Gasteiger partial charge in [-0.15, -0.1) is 0 Å². The van der Waals surface area contributed by atoms with Crippen molar-refractivity contribution in [3.63, 3.8) is 0 Å². The van der Waals surface area contributed by atoms with Crippen molar-refractivity contribution in [3.05, 3.63) is 94.5 Å². The number of para-hydroxylation sites is 1. The first-order valence-corrected chi connectivity index (χ1v) is 9.04. The number of benzene rings is 3. The van der Waals surface area contributed by atoms with Gasteiger partial charge in [0.05, 0.1) is 4.92 Å². The largest absolute Gasteiger partial charge is 0.484 e. The molecule has 0 saturated heterocycles. The average Bonchev–Trinajstić information content (AvgIpc) is 2.77. The van der Waals surface area contributed by atoms with Crippen LogP contribution in [0.5, 0.6) is 5.75 Å². The van der Waals surface area contributed by atoms with Gasteiger partial charge < -0.3 is 15.0 Å². The molecule has 152 valence electrons. The molecule has 0 aliphatic carbocycles. The Morgan fingerprint density at radius 3 is 2.37 bits per heavy atom. The van der Waals surface area contributed by atoms with Gasteiger partial charge in [-0.2, -0.15) is 0 Å². The van der Waals surface area contributed by atoms with Gasteiger partial charge >= 0.3 is 0 Å². The van der Waals surface area contributed by atoms with Crippen molar-refractivity contribution in [3.8, 4) is 5.75 Å². The third-order valence-corrected chi connectivity index (χ3v) is 4.26. The molecule has 8 heteroatoms. The summed E-state index contributed by atoms with van der Waals surface area (Å²) in [6, 6.07) is 21.3. The van der Waals surface area contributed by atoms with Crippen LogP contribution in [0.15, 0.2) is 78.9 Å². The standard InChI is InChI=1S/C22H19N3O5/c1-24(18-8-3-2-4-9-18)22(27)16-6-5-7-17(14-16)23-21(26)15-30-20-12-10-19(11-13-20)25(28)29/h2-14H,15H2,1H3,(H,23,26). The smallest absolute Gasteiger partial charge is 0.269 e. The number of non-ortho nitro benzene ring substituents is 1. The second-order valence-electron chi connectivity index (χ2n) is 6.37. The van der Waals surface area contributed by atoms with E-state index in [2.05, 4.69) is 5.32 Å². The molecule has 8 nitrogen and oxygen atoms in total. The van der Waals surface area contributed by atoms with Crippen molar-refractivity contribution in [2.24, 2.45) is 0 Å². The van der Waals surface area contributed by atoms with E-state index >= 15 is 0 Å². The molecule has 0 aliphatic heterocycles. The number of nitro benzene ring substituents is 1. The van der Waals surface area contributed by atoms with Crippen molar-refractivity contribution in [2.75, 3.05) is 23.9 Å². The van der Waals surface area contributed by atoms with E-state index in [4.69, 9.17) is 4.74 Å². The molecular weight excluding hydrogens is 386 g/mol. The summed E-state index contributed by atoms with van der Waals surface area (Å²) in [5, 5.41) is 13.3. The third-order valence-electron chi connectivity index (χ3n) is 4.26. The van der Waals surface area contributed by atoms with Gasteiger partial charge in [-0.25, -0.2) is 0 Å². The van der Waals surface area contributed by atoms with Crippen LogP contribution in [0.4, 0.5) is 17.1 Å². The summed E-state index contributed by atoms with van der Waals surface area (Å²) in [4.78, 5) is 36.5. The minimum absolute atomic E-state index is 0.0613. The van der Waals surface area contributed by atoms with Crippen LogP contribution in [0, 0.1) is 10.1 Å². The molecule has 30 heavy (non-hydrogen) atoms. The van der Waals surface area contributed by atoms with E-state index < -0.39 is 10.8 Å². The van der Waals surface area contributed by atoms with Gasteiger partial charge in [-0.3, -0.25) is 19.7 Å². The molecule has 2 amide bonds. The Labute approximate surface area is 172 Å². The van der Waals surface area contributed by atoms with Crippen molar-refractivity contribution in [1.29, 1.82) is 0 Å². The first kappa shape index (κ1) is 20.5. The van der Waals surface area contributed by atoms with Crippen LogP contribution in [-0.4, -0.2) is 30.4 Å². The van der Waals surface area contributed by atoms with E-state index in [1.807, 2.05) is 30.3 Å². The van der Waals surface area contributed by atoms with Gasteiger partial charge in [0.25, 0.3) is 17.5 Å². The van der Waals surface area contributed by atoms with Crippen LogP contribution in [0.1, 0.15) is 10.4 Å². The van der Waals surface area contributed by atoms with Crippen LogP contribution < -0.4 is 15.0 Å². The number of anilines is 2. The van der Waals surface area contributed by atoms with Crippen LogP contribution >= 0.6 is 0 Å². The second-order valence-corrected chi connectivity index (χ2v) is 6.37. The SMILES string of the molecule is CN(C(=O)c1cccc(NC(=O)COc2ccc([N+](=O)[O-])cc2)c1)c1ccccc1. The number of ether oxygens (including phenoxy) is 1. The lowest BCUT2D eigenvalue weighted by Crippen LogP contribution is -2.26. The fourth-order valence-corrected chi connectivity index (χ4v) is 2.70. The normalized spacial score (nSPS) is 10.2. The molecule has 0 aliphatic rings.